The molecule has 0 rings (SSSR count). The van der Waals surface area contributed by atoms with Gasteiger partial charge in [0.2, 0.25) is 0 Å². The zero-order chi connectivity index (χ0) is 9.82. The minimum atomic E-state index is -1.10. The van der Waals surface area contributed by atoms with E-state index in [1.165, 1.54) is 0 Å². The van der Waals surface area contributed by atoms with Gasteiger partial charge in [0.05, 0.1) is 0 Å². The summed E-state index contributed by atoms with van der Waals surface area (Å²) in [5.41, 5.74) is 0. The topological polar surface area (TPSA) is 40.5 Å². The number of rotatable bonds is 5. The van der Waals surface area contributed by atoms with Crippen molar-refractivity contribution in [2.45, 2.75) is 38.9 Å². The molecule has 0 aliphatic heterocycles. The lowest BCUT2D eigenvalue weighted by molar-refractivity contribution is -0.0465. The van der Waals surface area contributed by atoms with Gasteiger partial charge in [-0.15, -0.1) is 0 Å². The van der Waals surface area contributed by atoms with Gasteiger partial charge in [-0.25, -0.2) is 0 Å². The summed E-state index contributed by atoms with van der Waals surface area (Å²) >= 11 is 0. The molecule has 0 aromatic carbocycles. The molecule has 0 aliphatic rings. The zero-order valence-electron chi connectivity index (χ0n) is 7.87. The van der Waals surface area contributed by atoms with Crippen LogP contribution in [-0.4, -0.2) is 16.5 Å². The van der Waals surface area contributed by atoms with Gasteiger partial charge in [0.15, 0.2) is 6.29 Å². The highest BCUT2D eigenvalue weighted by atomic mass is 16.5. The van der Waals surface area contributed by atoms with E-state index in [1.54, 1.807) is 12.2 Å². The highest BCUT2D eigenvalue weighted by molar-refractivity contribution is 4.88. The predicted octanol–water partition coefficient (Wildman–Crippen LogP) is 2.24. The maximum absolute atomic E-state index is 8.33. The van der Waals surface area contributed by atoms with Crippen LogP contribution in [0.3, 0.4) is 0 Å². The quantitative estimate of drug-likeness (QED) is 0.379. The van der Waals surface area contributed by atoms with E-state index in [-0.39, 0.29) is 0 Å². The third kappa shape index (κ3) is 22.7. The van der Waals surface area contributed by atoms with Gasteiger partial charge < -0.3 is 10.2 Å². The van der Waals surface area contributed by atoms with Crippen molar-refractivity contribution in [2.75, 3.05) is 0 Å². The molecule has 0 amide bonds. The van der Waals surface area contributed by atoms with Crippen LogP contribution in [0.15, 0.2) is 25.3 Å². The normalized spacial score (nSPS) is 8.67. The molecular formula is C10H20O2. The van der Waals surface area contributed by atoms with Gasteiger partial charge in [0, 0.05) is 0 Å². The molecule has 0 aromatic heterocycles. The number of aliphatic hydroxyl groups is 2. The van der Waals surface area contributed by atoms with E-state index in [9.17, 15) is 0 Å². The number of hydrogen-bond donors (Lipinski definition) is 2. The Morgan fingerprint density at radius 3 is 1.92 bits per heavy atom. The molecule has 0 bridgehead atoms. The molecule has 0 atom stereocenters. The Kier molecular flexibility index (Phi) is 15.1. The van der Waals surface area contributed by atoms with Gasteiger partial charge >= 0.3 is 0 Å². The van der Waals surface area contributed by atoms with Gasteiger partial charge in [-0.05, 0) is 12.8 Å². The van der Waals surface area contributed by atoms with Gasteiger partial charge in [0.25, 0.3) is 0 Å². The summed E-state index contributed by atoms with van der Waals surface area (Å²) in [6.45, 7) is 8.81. The van der Waals surface area contributed by atoms with Gasteiger partial charge in [-0.3, -0.25) is 0 Å². The molecule has 2 heteroatoms. The molecule has 0 saturated carbocycles. The summed E-state index contributed by atoms with van der Waals surface area (Å²) in [4.78, 5) is 0. The molecule has 72 valence electrons. The highest BCUT2D eigenvalue weighted by Gasteiger charge is 1.93. The first-order valence-corrected chi connectivity index (χ1v) is 4.28. The molecule has 0 saturated heterocycles. The fraction of sp³-hybridized carbons (Fsp3) is 0.600. The Hall–Kier alpha value is -0.600. The number of hydrogen-bond acceptors (Lipinski definition) is 2. The summed E-state index contributed by atoms with van der Waals surface area (Å²) in [5, 5.41) is 16.7. The van der Waals surface area contributed by atoms with E-state index in [4.69, 9.17) is 10.2 Å². The summed E-state index contributed by atoms with van der Waals surface area (Å²) in [6, 6.07) is 0. The molecule has 0 spiro atoms. The fourth-order valence-corrected chi connectivity index (χ4v) is 0.577. The highest BCUT2D eigenvalue weighted by Crippen LogP contribution is 1.99. The average Bonchev–Trinajstić information content (AvgIpc) is 2.05. The Labute approximate surface area is 75.2 Å². The van der Waals surface area contributed by atoms with Crippen molar-refractivity contribution >= 4 is 0 Å². The van der Waals surface area contributed by atoms with Crippen molar-refractivity contribution in [3.05, 3.63) is 25.3 Å². The first kappa shape index (κ1) is 14.0. The summed E-state index contributed by atoms with van der Waals surface area (Å²) in [5.74, 6) is 0. The molecule has 0 heterocycles. The first-order chi connectivity index (χ1) is 5.68. The minimum absolute atomic E-state index is 0.522. The average molecular weight is 172 g/mol. The second kappa shape index (κ2) is 13.0. The smallest absolute Gasteiger partial charge is 0.151 e. The lowest BCUT2D eigenvalue weighted by Crippen LogP contribution is -2.02. The van der Waals surface area contributed by atoms with Crippen molar-refractivity contribution in [2.24, 2.45) is 0 Å². The Balaban J connectivity index is 0. The maximum atomic E-state index is 8.33. The predicted molar refractivity (Wildman–Crippen MR) is 52.8 cm³/mol. The number of unbranched alkanes of at least 4 members (excludes halogenated alkanes) is 2. The van der Waals surface area contributed by atoms with Crippen molar-refractivity contribution in [1.29, 1.82) is 0 Å². The van der Waals surface area contributed by atoms with Crippen LogP contribution in [0.4, 0.5) is 0 Å². The summed E-state index contributed by atoms with van der Waals surface area (Å²) in [6.07, 6.45) is 5.85. The SMILES string of the molecule is C=CC=C.CCCCCC(O)O. The second-order valence-corrected chi connectivity index (χ2v) is 2.45. The molecule has 0 radical (unpaired) electrons. The van der Waals surface area contributed by atoms with Crippen LogP contribution in [-0.2, 0) is 0 Å². The van der Waals surface area contributed by atoms with Crippen LogP contribution in [0.2, 0.25) is 0 Å². The van der Waals surface area contributed by atoms with Crippen molar-refractivity contribution < 1.29 is 10.2 Å². The lowest BCUT2D eigenvalue weighted by Gasteiger charge is -1.99. The van der Waals surface area contributed by atoms with Crippen LogP contribution < -0.4 is 0 Å². The monoisotopic (exact) mass is 172 g/mol. The maximum Gasteiger partial charge on any atom is 0.151 e. The van der Waals surface area contributed by atoms with Crippen molar-refractivity contribution in [1.82, 2.24) is 0 Å². The molecule has 0 aromatic rings. The summed E-state index contributed by atoms with van der Waals surface area (Å²) < 4.78 is 0. The fourth-order valence-electron chi connectivity index (χ4n) is 0.577. The molecule has 0 aliphatic carbocycles. The second-order valence-electron chi connectivity index (χ2n) is 2.45. The van der Waals surface area contributed by atoms with Crippen molar-refractivity contribution in [3.8, 4) is 0 Å². The standard InChI is InChI=1S/C6H14O2.C4H6/c1-2-3-4-5-6(7)8;1-3-4-2/h6-8H,2-5H2,1H3;3-4H,1-2H2. The van der Waals surface area contributed by atoms with Crippen LogP contribution in [0.1, 0.15) is 32.6 Å². The Morgan fingerprint density at radius 1 is 1.17 bits per heavy atom. The van der Waals surface area contributed by atoms with Gasteiger partial charge in [-0.2, -0.15) is 0 Å². The summed E-state index contributed by atoms with van der Waals surface area (Å²) in [7, 11) is 0. The van der Waals surface area contributed by atoms with E-state index in [1.807, 2.05) is 0 Å². The van der Waals surface area contributed by atoms with E-state index >= 15 is 0 Å². The van der Waals surface area contributed by atoms with Gasteiger partial charge in [-0.1, -0.05) is 45.1 Å². The Bertz CT molecular complexity index is 92.0. The molecule has 0 unspecified atom stereocenters. The van der Waals surface area contributed by atoms with Crippen LogP contribution in [0.5, 0.6) is 0 Å². The van der Waals surface area contributed by atoms with Crippen LogP contribution in [0, 0.1) is 0 Å². The van der Waals surface area contributed by atoms with E-state index in [2.05, 4.69) is 20.1 Å². The molecule has 2 nitrogen and oxygen atoms in total. The first-order valence-electron chi connectivity index (χ1n) is 4.28. The largest absolute Gasteiger partial charge is 0.368 e. The lowest BCUT2D eigenvalue weighted by atomic mass is 10.2. The van der Waals surface area contributed by atoms with E-state index in [0.717, 1.165) is 19.3 Å². The van der Waals surface area contributed by atoms with Crippen LogP contribution in [0.25, 0.3) is 0 Å². The van der Waals surface area contributed by atoms with Gasteiger partial charge in [0.1, 0.15) is 0 Å². The third-order valence-electron chi connectivity index (χ3n) is 1.23. The zero-order valence-corrected chi connectivity index (χ0v) is 7.87. The van der Waals surface area contributed by atoms with Crippen LogP contribution >= 0.6 is 0 Å². The number of aliphatic hydroxyl groups excluding tert-OH is 1. The third-order valence-corrected chi connectivity index (χ3v) is 1.23. The molecular weight excluding hydrogens is 152 g/mol. The molecule has 12 heavy (non-hydrogen) atoms. The Morgan fingerprint density at radius 2 is 1.67 bits per heavy atom. The molecule has 2 N–H and O–H groups in total. The van der Waals surface area contributed by atoms with E-state index in [0.29, 0.717) is 6.42 Å². The van der Waals surface area contributed by atoms with E-state index < -0.39 is 6.29 Å². The minimum Gasteiger partial charge on any atom is -0.368 e. The number of allylic oxidation sites excluding steroid dienone is 2. The van der Waals surface area contributed by atoms with Crippen molar-refractivity contribution in [3.63, 3.8) is 0 Å². The molecule has 0 fully saturated rings.